The summed E-state index contributed by atoms with van der Waals surface area (Å²) in [6.45, 7) is 0. The quantitative estimate of drug-likeness (QED) is 0.687. The number of fused-ring (bicyclic) bond motifs is 1. The molecule has 3 rings (SSSR count). The van der Waals surface area contributed by atoms with Gasteiger partial charge in [-0.05, 0) is 30.3 Å². The molecule has 2 heterocycles. The standard InChI is InChI=1S/C18H9FN4O2/c19-14-5-1-2-6-15(14)25-17-13(9-12(10-20)11-21)18(24)23-8-4-3-7-16(23)22-17/h1-9H. The van der Waals surface area contributed by atoms with Crippen LogP contribution in [0.1, 0.15) is 5.56 Å². The zero-order chi connectivity index (χ0) is 17.8. The first-order chi connectivity index (χ1) is 12.1. The van der Waals surface area contributed by atoms with Gasteiger partial charge in [-0.15, -0.1) is 0 Å². The molecular formula is C18H9FN4O2. The second-order valence-corrected chi connectivity index (χ2v) is 4.88. The van der Waals surface area contributed by atoms with Crippen molar-refractivity contribution >= 4 is 11.7 Å². The first-order valence-corrected chi connectivity index (χ1v) is 7.09. The average Bonchev–Trinajstić information content (AvgIpc) is 2.63. The molecule has 0 aliphatic heterocycles. The third-order valence-corrected chi connectivity index (χ3v) is 3.31. The van der Waals surface area contributed by atoms with Gasteiger partial charge in [0, 0.05) is 6.20 Å². The molecule has 25 heavy (non-hydrogen) atoms. The summed E-state index contributed by atoms with van der Waals surface area (Å²) in [6, 6.07) is 13.9. The van der Waals surface area contributed by atoms with Crippen LogP contribution in [-0.2, 0) is 0 Å². The minimum atomic E-state index is -0.631. The van der Waals surface area contributed by atoms with Gasteiger partial charge in [-0.1, -0.05) is 18.2 Å². The molecule has 0 bridgehead atoms. The first kappa shape index (κ1) is 15.9. The molecular weight excluding hydrogens is 323 g/mol. The van der Waals surface area contributed by atoms with Crippen LogP contribution in [0, 0.1) is 28.5 Å². The van der Waals surface area contributed by atoms with E-state index in [2.05, 4.69) is 4.98 Å². The summed E-state index contributed by atoms with van der Waals surface area (Å²) in [5.74, 6) is -0.947. The van der Waals surface area contributed by atoms with Crippen molar-refractivity contribution in [1.82, 2.24) is 9.38 Å². The van der Waals surface area contributed by atoms with E-state index in [0.29, 0.717) is 0 Å². The van der Waals surface area contributed by atoms with E-state index in [-0.39, 0.29) is 28.4 Å². The fourth-order valence-electron chi connectivity index (χ4n) is 2.15. The minimum Gasteiger partial charge on any atom is -0.435 e. The van der Waals surface area contributed by atoms with Gasteiger partial charge >= 0.3 is 0 Å². The molecule has 0 saturated carbocycles. The third-order valence-electron chi connectivity index (χ3n) is 3.31. The Morgan fingerprint density at radius 1 is 1.16 bits per heavy atom. The Hall–Kier alpha value is -3.97. The molecule has 0 atom stereocenters. The Bertz CT molecular complexity index is 1120. The summed E-state index contributed by atoms with van der Waals surface area (Å²) in [5, 5.41) is 17.9. The molecule has 1 aromatic carbocycles. The summed E-state index contributed by atoms with van der Waals surface area (Å²) in [5.41, 5.74) is -0.676. The predicted molar refractivity (Wildman–Crippen MR) is 87.1 cm³/mol. The van der Waals surface area contributed by atoms with Gasteiger partial charge in [-0.3, -0.25) is 9.20 Å². The number of halogens is 1. The third kappa shape index (κ3) is 3.07. The number of ether oxygens (including phenoxy) is 1. The number of rotatable bonds is 3. The number of pyridine rings is 1. The van der Waals surface area contributed by atoms with Crippen molar-refractivity contribution in [3.63, 3.8) is 0 Å². The lowest BCUT2D eigenvalue weighted by Gasteiger charge is -2.10. The smallest absolute Gasteiger partial charge is 0.269 e. The Morgan fingerprint density at radius 2 is 1.88 bits per heavy atom. The van der Waals surface area contributed by atoms with Crippen LogP contribution in [-0.4, -0.2) is 9.38 Å². The molecule has 0 N–H and O–H groups in total. The number of hydrogen-bond acceptors (Lipinski definition) is 5. The molecule has 7 heteroatoms. The highest BCUT2D eigenvalue weighted by Gasteiger charge is 2.15. The summed E-state index contributed by atoms with van der Waals surface area (Å²) in [6.07, 6.45) is 2.57. The Labute approximate surface area is 141 Å². The van der Waals surface area contributed by atoms with Crippen molar-refractivity contribution in [3.8, 4) is 23.8 Å². The van der Waals surface area contributed by atoms with Gasteiger partial charge in [0.15, 0.2) is 11.6 Å². The molecule has 0 aliphatic carbocycles. The monoisotopic (exact) mass is 332 g/mol. The van der Waals surface area contributed by atoms with E-state index in [1.54, 1.807) is 36.4 Å². The van der Waals surface area contributed by atoms with Crippen LogP contribution in [0.5, 0.6) is 11.6 Å². The molecule has 0 fully saturated rings. The van der Waals surface area contributed by atoms with E-state index in [0.717, 1.165) is 6.08 Å². The largest absolute Gasteiger partial charge is 0.435 e. The van der Waals surface area contributed by atoms with Crippen LogP contribution in [0.25, 0.3) is 11.7 Å². The summed E-state index contributed by atoms with van der Waals surface area (Å²) in [4.78, 5) is 16.9. The van der Waals surface area contributed by atoms with E-state index in [4.69, 9.17) is 15.3 Å². The zero-order valence-electron chi connectivity index (χ0n) is 12.7. The number of para-hydroxylation sites is 1. The highest BCUT2D eigenvalue weighted by molar-refractivity contribution is 5.66. The average molecular weight is 332 g/mol. The van der Waals surface area contributed by atoms with E-state index in [1.807, 2.05) is 0 Å². The second kappa shape index (κ2) is 6.65. The fourth-order valence-corrected chi connectivity index (χ4v) is 2.15. The number of nitriles is 2. The number of nitrogens with zero attached hydrogens (tertiary/aromatic N) is 4. The molecule has 2 aromatic heterocycles. The molecule has 0 spiro atoms. The van der Waals surface area contributed by atoms with Crippen LogP contribution in [0.3, 0.4) is 0 Å². The van der Waals surface area contributed by atoms with E-state index < -0.39 is 11.4 Å². The van der Waals surface area contributed by atoms with E-state index >= 15 is 0 Å². The van der Waals surface area contributed by atoms with Gasteiger partial charge in [0.1, 0.15) is 28.9 Å². The maximum atomic E-state index is 13.9. The summed E-state index contributed by atoms with van der Waals surface area (Å²) < 4.78 is 20.6. The van der Waals surface area contributed by atoms with Crippen molar-refractivity contribution in [2.24, 2.45) is 0 Å². The van der Waals surface area contributed by atoms with Gasteiger partial charge in [-0.2, -0.15) is 15.5 Å². The van der Waals surface area contributed by atoms with Crippen LogP contribution >= 0.6 is 0 Å². The van der Waals surface area contributed by atoms with Crippen molar-refractivity contribution in [2.75, 3.05) is 0 Å². The maximum absolute atomic E-state index is 13.9. The molecule has 0 amide bonds. The normalized spacial score (nSPS) is 9.88. The van der Waals surface area contributed by atoms with Crippen LogP contribution in [0.15, 0.2) is 59.0 Å². The second-order valence-electron chi connectivity index (χ2n) is 4.88. The predicted octanol–water partition coefficient (Wildman–Crippen LogP) is 3.06. The summed E-state index contributed by atoms with van der Waals surface area (Å²) in [7, 11) is 0. The minimum absolute atomic E-state index is 0.120. The van der Waals surface area contributed by atoms with Gasteiger partial charge < -0.3 is 4.74 Å². The number of benzene rings is 1. The number of allylic oxidation sites excluding steroid dienone is 1. The molecule has 0 aliphatic rings. The van der Waals surface area contributed by atoms with E-state index in [9.17, 15) is 9.18 Å². The van der Waals surface area contributed by atoms with Gasteiger partial charge in [0.05, 0.1) is 0 Å². The molecule has 6 nitrogen and oxygen atoms in total. The highest BCUT2D eigenvalue weighted by Crippen LogP contribution is 2.25. The van der Waals surface area contributed by atoms with Gasteiger partial charge in [0.2, 0.25) is 5.88 Å². The van der Waals surface area contributed by atoms with Gasteiger partial charge in [-0.25, -0.2) is 4.39 Å². The fraction of sp³-hybridized carbons (Fsp3) is 0. The summed E-state index contributed by atoms with van der Waals surface area (Å²) >= 11 is 0. The van der Waals surface area contributed by atoms with Crippen molar-refractivity contribution in [3.05, 3.63) is 76.0 Å². The van der Waals surface area contributed by atoms with Crippen LogP contribution in [0.4, 0.5) is 4.39 Å². The SMILES string of the molecule is N#CC(C#N)=Cc1c(Oc2ccccc2F)nc2ccccn2c1=O. The van der Waals surface area contributed by atoms with Crippen LogP contribution < -0.4 is 10.3 Å². The van der Waals surface area contributed by atoms with E-state index in [1.165, 1.54) is 28.8 Å². The maximum Gasteiger partial charge on any atom is 0.269 e. The Balaban J connectivity index is 2.28. The lowest BCUT2D eigenvalue weighted by atomic mass is 10.2. The topological polar surface area (TPSA) is 91.2 Å². The number of hydrogen-bond donors (Lipinski definition) is 0. The molecule has 0 saturated heterocycles. The lowest BCUT2D eigenvalue weighted by molar-refractivity contribution is 0.426. The van der Waals surface area contributed by atoms with Crippen molar-refractivity contribution in [1.29, 1.82) is 10.5 Å². The lowest BCUT2D eigenvalue weighted by Crippen LogP contribution is -2.18. The first-order valence-electron chi connectivity index (χ1n) is 7.09. The molecule has 0 unspecified atom stereocenters. The van der Waals surface area contributed by atoms with Crippen molar-refractivity contribution < 1.29 is 9.13 Å². The Morgan fingerprint density at radius 3 is 2.60 bits per heavy atom. The Kier molecular flexibility index (Phi) is 4.23. The molecule has 3 aromatic rings. The molecule has 120 valence electrons. The van der Waals surface area contributed by atoms with Crippen LogP contribution in [0.2, 0.25) is 0 Å². The highest BCUT2D eigenvalue weighted by atomic mass is 19.1. The van der Waals surface area contributed by atoms with Crippen molar-refractivity contribution in [2.45, 2.75) is 0 Å². The zero-order valence-corrected chi connectivity index (χ0v) is 12.7. The van der Waals surface area contributed by atoms with Gasteiger partial charge in [0.25, 0.3) is 5.56 Å². The number of aromatic nitrogens is 2. The molecule has 0 radical (unpaired) electrons.